The van der Waals surface area contributed by atoms with E-state index in [0.717, 1.165) is 11.4 Å². The lowest BCUT2D eigenvalue weighted by Crippen LogP contribution is -2.14. The van der Waals surface area contributed by atoms with Crippen LogP contribution in [0.15, 0.2) is 0 Å². The largest absolute Gasteiger partial charge is 0.300 e. The molecule has 1 amide bonds. The van der Waals surface area contributed by atoms with E-state index in [2.05, 4.69) is 22.4 Å². The van der Waals surface area contributed by atoms with E-state index in [4.69, 9.17) is 0 Å². The summed E-state index contributed by atoms with van der Waals surface area (Å²) in [5, 5.41) is 12.7. The molecular formula is C10H13N3OS. The van der Waals surface area contributed by atoms with E-state index < -0.39 is 0 Å². The average molecular weight is 223 g/mol. The third-order valence-electron chi connectivity index (χ3n) is 3.04. The Morgan fingerprint density at radius 2 is 2.20 bits per heavy atom. The first-order valence-corrected chi connectivity index (χ1v) is 6.20. The predicted octanol–water partition coefficient (Wildman–Crippen LogP) is 2.01. The maximum Gasteiger partial charge on any atom is 0.229 e. The van der Waals surface area contributed by atoms with Crippen LogP contribution < -0.4 is 5.32 Å². The zero-order valence-electron chi connectivity index (χ0n) is 8.56. The first-order chi connectivity index (χ1) is 7.24. The zero-order valence-corrected chi connectivity index (χ0v) is 9.38. The molecule has 0 saturated heterocycles. The molecule has 1 heterocycles. The predicted molar refractivity (Wildman–Crippen MR) is 57.8 cm³/mol. The van der Waals surface area contributed by atoms with Gasteiger partial charge in [-0.2, -0.15) is 0 Å². The molecule has 5 heteroatoms. The summed E-state index contributed by atoms with van der Waals surface area (Å²) in [4.78, 5) is 11.6. The van der Waals surface area contributed by atoms with Gasteiger partial charge in [0.05, 0.1) is 0 Å². The minimum absolute atomic E-state index is 0.112. The van der Waals surface area contributed by atoms with E-state index in [1.165, 1.54) is 24.2 Å². The Bertz CT molecular complexity index is 399. The number of nitrogens with zero attached hydrogens (tertiary/aromatic N) is 2. The summed E-state index contributed by atoms with van der Waals surface area (Å²) < 4.78 is 0. The van der Waals surface area contributed by atoms with Gasteiger partial charge >= 0.3 is 0 Å². The van der Waals surface area contributed by atoms with E-state index >= 15 is 0 Å². The number of nitrogens with one attached hydrogen (secondary N) is 1. The molecule has 2 saturated carbocycles. The average Bonchev–Trinajstić information content (AvgIpc) is 3.10. The van der Waals surface area contributed by atoms with Crippen LogP contribution in [0.2, 0.25) is 0 Å². The van der Waals surface area contributed by atoms with Crippen molar-refractivity contribution in [1.29, 1.82) is 0 Å². The number of carbonyl (C=O) groups is 1. The Labute approximate surface area is 92.1 Å². The fraction of sp³-hybridized carbons (Fsp3) is 0.700. The number of anilines is 1. The molecule has 80 valence electrons. The van der Waals surface area contributed by atoms with Crippen LogP contribution in [-0.2, 0) is 4.79 Å². The van der Waals surface area contributed by atoms with Gasteiger partial charge in [0.1, 0.15) is 5.01 Å². The molecule has 0 bridgehead atoms. The Kier molecular flexibility index (Phi) is 2.02. The fourth-order valence-electron chi connectivity index (χ4n) is 1.67. The topological polar surface area (TPSA) is 54.9 Å². The van der Waals surface area contributed by atoms with Crippen molar-refractivity contribution in [2.75, 3.05) is 5.32 Å². The van der Waals surface area contributed by atoms with Gasteiger partial charge in [-0.15, -0.1) is 10.2 Å². The van der Waals surface area contributed by atoms with Crippen LogP contribution in [-0.4, -0.2) is 16.1 Å². The van der Waals surface area contributed by atoms with Gasteiger partial charge in [0.2, 0.25) is 11.0 Å². The number of aromatic nitrogens is 2. The molecule has 1 aromatic rings. The highest BCUT2D eigenvalue weighted by Gasteiger charge is 2.39. The van der Waals surface area contributed by atoms with Crippen molar-refractivity contribution in [1.82, 2.24) is 10.2 Å². The van der Waals surface area contributed by atoms with Crippen molar-refractivity contribution in [3.8, 4) is 0 Å². The van der Waals surface area contributed by atoms with Crippen molar-refractivity contribution >= 4 is 22.4 Å². The fourth-order valence-corrected chi connectivity index (χ4v) is 2.58. The van der Waals surface area contributed by atoms with Crippen molar-refractivity contribution in [2.45, 2.75) is 32.1 Å². The highest BCUT2D eigenvalue weighted by molar-refractivity contribution is 7.15. The van der Waals surface area contributed by atoms with Crippen LogP contribution in [0.3, 0.4) is 0 Å². The van der Waals surface area contributed by atoms with E-state index in [-0.39, 0.29) is 11.8 Å². The van der Waals surface area contributed by atoms with Crippen LogP contribution >= 0.6 is 11.3 Å². The second-order valence-corrected chi connectivity index (χ2v) is 5.54. The Balaban J connectivity index is 1.63. The molecule has 1 N–H and O–H groups in total. The van der Waals surface area contributed by atoms with Crippen molar-refractivity contribution in [3.05, 3.63) is 5.01 Å². The smallest absolute Gasteiger partial charge is 0.229 e. The molecule has 4 nitrogen and oxygen atoms in total. The van der Waals surface area contributed by atoms with E-state index in [1.54, 1.807) is 0 Å². The van der Waals surface area contributed by atoms with Crippen molar-refractivity contribution in [3.63, 3.8) is 0 Å². The molecule has 2 fully saturated rings. The van der Waals surface area contributed by atoms with Gasteiger partial charge in [-0.3, -0.25) is 4.79 Å². The lowest BCUT2D eigenvalue weighted by atomic mass is 10.3. The summed E-state index contributed by atoms with van der Waals surface area (Å²) in [6.07, 6.45) is 3.46. The minimum atomic E-state index is 0.112. The molecule has 0 unspecified atom stereocenters. The SMILES string of the molecule is C[C@H]1C[C@H]1C(=O)Nc1nnc(C2CC2)s1. The van der Waals surface area contributed by atoms with E-state index in [1.807, 2.05) is 0 Å². The summed E-state index contributed by atoms with van der Waals surface area (Å²) >= 11 is 1.52. The molecule has 3 rings (SSSR count). The molecule has 2 aliphatic carbocycles. The third-order valence-corrected chi connectivity index (χ3v) is 4.04. The molecule has 2 aliphatic rings. The molecule has 15 heavy (non-hydrogen) atoms. The maximum atomic E-state index is 11.6. The summed E-state index contributed by atoms with van der Waals surface area (Å²) in [7, 11) is 0. The highest BCUT2D eigenvalue weighted by atomic mass is 32.1. The molecule has 0 radical (unpaired) electrons. The number of hydrogen-bond donors (Lipinski definition) is 1. The van der Waals surface area contributed by atoms with Gasteiger partial charge in [0, 0.05) is 11.8 Å². The van der Waals surface area contributed by atoms with E-state index in [0.29, 0.717) is 17.0 Å². The van der Waals surface area contributed by atoms with Crippen LogP contribution in [0.4, 0.5) is 5.13 Å². The molecular weight excluding hydrogens is 210 g/mol. The second-order valence-electron chi connectivity index (χ2n) is 4.53. The maximum absolute atomic E-state index is 11.6. The first-order valence-electron chi connectivity index (χ1n) is 5.38. The normalized spacial score (nSPS) is 28.9. The van der Waals surface area contributed by atoms with Gasteiger partial charge in [0.25, 0.3) is 0 Å². The molecule has 0 spiro atoms. The number of hydrogen-bond acceptors (Lipinski definition) is 4. The number of rotatable bonds is 3. The first kappa shape index (κ1) is 9.27. The lowest BCUT2D eigenvalue weighted by molar-refractivity contribution is -0.117. The van der Waals surface area contributed by atoms with Gasteiger partial charge in [0.15, 0.2) is 0 Å². The molecule has 1 aromatic heterocycles. The highest BCUT2D eigenvalue weighted by Crippen LogP contribution is 2.42. The monoisotopic (exact) mass is 223 g/mol. The summed E-state index contributed by atoms with van der Waals surface area (Å²) in [6, 6.07) is 0. The van der Waals surface area contributed by atoms with Crippen LogP contribution in [0.1, 0.15) is 37.1 Å². The number of amides is 1. The Morgan fingerprint density at radius 3 is 2.80 bits per heavy atom. The van der Waals surface area contributed by atoms with Crippen LogP contribution in [0, 0.1) is 11.8 Å². The van der Waals surface area contributed by atoms with Gasteiger partial charge in [-0.1, -0.05) is 18.3 Å². The summed E-state index contributed by atoms with van der Waals surface area (Å²) in [5.74, 6) is 1.48. The molecule has 0 aliphatic heterocycles. The third kappa shape index (κ3) is 1.88. The van der Waals surface area contributed by atoms with E-state index in [9.17, 15) is 4.79 Å². The van der Waals surface area contributed by atoms with Gasteiger partial charge in [-0.05, 0) is 25.2 Å². The minimum Gasteiger partial charge on any atom is -0.300 e. The summed E-state index contributed by atoms with van der Waals surface area (Å²) in [5.41, 5.74) is 0. The van der Waals surface area contributed by atoms with Crippen LogP contribution in [0.5, 0.6) is 0 Å². The standard InChI is InChI=1S/C10H13N3OS/c1-5-4-7(5)8(14)11-10-13-12-9(15-10)6-2-3-6/h5-7H,2-4H2,1H3,(H,11,13,14)/t5-,7+/m0/s1. The zero-order chi connectivity index (χ0) is 10.4. The van der Waals surface area contributed by atoms with Gasteiger partial charge < -0.3 is 5.32 Å². The Hall–Kier alpha value is -0.970. The van der Waals surface area contributed by atoms with Crippen molar-refractivity contribution < 1.29 is 4.79 Å². The van der Waals surface area contributed by atoms with Gasteiger partial charge in [-0.25, -0.2) is 0 Å². The second kappa shape index (κ2) is 3.27. The molecule has 0 aromatic carbocycles. The van der Waals surface area contributed by atoms with Crippen molar-refractivity contribution in [2.24, 2.45) is 11.8 Å². The quantitative estimate of drug-likeness (QED) is 0.852. The summed E-state index contributed by atoms with van der Waals surface area (Å²) in [6.45, 7) is 2.10. The lowest BCUT2D eigenvalue weighted by Gasteiger charge is -1.97. The molecule has 2 atom stereocenters. The van der Waals surface area contributed by atoms with Crippen LogP contribution in [0.25, 0.3) is 0 Å². The number of carbonyl (C=O) groups excluding carboxylic acids is 1. The Morgan fingerprint density at radius 1 is 1.47 bits per heavy atom.